The Labute approximate surface area is 215 Å². The van der Waals surface area contributed by atoms with Crippen molar-refractivity contribution in [3.8, 4) is 11.1 Å². The summed E-state index contributed by atoms with van der Waals surface area (Å²) in [6.07, 6.45) is 5.69. The number of nitrogens with zero attached hydrogens (tertiary/aromatic N) is 2. The number of aromatic nitrogens is 1. The van der Waals surface area contributed by atoms with Crippen molar-refractivity contribution in [3.63, 3.8) is 0 Å². The summed E-state index contributed by atoms with van der Waals surface area (Å²) in [5.74, 6) is 0. The van der Waals surface area contributed by atoms with Crippen LogP contribution in [0.3, 0.4) is 0 Å². The Kier molecular flexibility index (Phi) is 8.17. The van der Waals surface area contributed by atoms with Crippen LogP contribution in [-0.2, 0) is 21.4 Å². The lowest BCUT2D eigenvalue weighted by Crippen LogP contribution is -2.36. The zero-order chi connectivity index (χ0) is 26.4. The molecule has 2 aromatic heterocycles. The van der Waals surface area contributed by atoms with Gasteiger partial charge in [0, 0.05) is 47.9 Å². The summed E-state index contributed by atoms with van der Waals surface area (Å²) >= 11 is 0. The van der Waals surface area contributed by atoms with Crippen LogP contribution < -0.4 is 15.1 Å². The highest BCUT2D eigenvalue weighted by Crippen LogP contribution is 2.25. The third kappa shape index (κ3) is 6.71. The Morgan fingerprint density at radius 1 is 1.03 bits per heavy atom. The Balaban J connectivity index is 0.000000245. The second kappa shape index (κ2) is 11.5. The zero-order valence-electron chi connectivity index (χ0n) is 20.5. The molecule has 0 aliphatic carbocycles. The van der Waals surface area contributed by atoms with Crippen LogP contribution in [0.25, 0.3) is 22.1 Å². The van der Waals surface area contributed by atoms with Gasteiger partial charge in [0.05, 0.1) is 23.7 Å². The Morgan fingerprint density at radius 3 is 2.32 bits per heavy atom. The van der Waals surface area contributed by atoms with Crippen LogP contribution in [0, 0.1) is 6.92 Å². The van der Waals surface area contributed by atoms with Gasteiger partial charge in [-0.3, -0.25) is 0 Å². The van der Waals surface area contributed by atoms with E-state index in [0.29, 0.717) is 11.1 Å². The first-order valence-electron chi connectivity index (χ1n) is 11.8. The maximum atomic E-state index is 12.5. The zero-order valence-corrected chi connectivity index (χ0v) is 21.3. The van der Waals surface area contributed by atoms with E-state index in [0.717, 1.165) is 55.0 Å². The number of anilines is 1. The average molecular weight is 521 g/mol. The number of morpholine rings is 1. The fourth-order valence-electron chi connectivity index (χ4n) is 3.93. The molecule has 0 saturated carbocycles. The van der Waals surface area contributed by atoms with Crippen molar-refractivity contribution in [2.24, 2.45) is 0 Å². The van der Waals surface area contributed by atoms with Crippen LogP contribution in [0.5, 0.6) is 0 Å². The number of aryl methyl sites for hydroxylation is 1. The first-order valence-corrected chi connectivity index (χ1v) is 13.2. The first-order chi connectivity index (χ1) is 17.7. The Morgan fingerprint density at radius 2 is 1.70 bits per heavy atom. The van der Waals surface area contributed by atoms with E-state index in [-0.39, 0.29) is 10.5 Å². The van der Waals surface area contributed by atoms with E-state index in [9.17, 15) is 17.8 Å². The molecule has 0 N–H and O–H groups in total. The maximum Gasteiger partial charge on any atom is 0.344 e. The number of hydrogen-bond acceptors (Lipinski definition) is 7. The van der Waals surface area contributed by atoms with Crippen LogP contribution in [0.4, 0.5) is 5.69 Å². The van der Waals surface area contributed by atoms with E-state index in [2.05, 4.69) is 17.5 Å². The van der Waals surface area contributed by atoms with Crippen LogP contribution in [0.15, 0.2) is 99.8 Å². The Hall–Kier alpha value is -3.79. The molecule has 5 rings (SSSR count). The number of allylic oxidation sites excluding steroid dienone is 1. The summed E-state index contributed by atoms with van der Waals surface area (Å²) in [5.41, 5.74) is 3.69. The number of benzene rings is 2. The minimum atomic E-state index is -4.27. The van der Waals surface area contributed by atoms with Crippen molar-refractivity contribution in [3.05, 3.63) is 102 Å². The lowest BCUT2D eigenvalue weighted by atomic mass is 10.1. The third-order valence-electron chi connectivity index (χ3n) is 5.95. The minimum absolute atomic E-state index is 0.178. The molecule has 1 saturated heterocycles. The molecule has 1 aliphatic rings. The highest BCUT2D eigenvalue weighted by molar-refractivity contribution is 7.85. The summed E-state index contributed by atoms with van der Waals surface area (Å²) in [7, 11) is -4.27. The van der Waals surface area contributed by atoms with Gasteiger partial charge in [-0.25, -0.2) is 17.8 Å². The molecular weight excluding hydrogens is 492 g/mol. The van der Waals surface area contributed by atoms with Crippen molar-refractivity contribution >= 4 is 26.8 Å². The van der Waals surface area contributed by atoms with Gasteiger partial charge >= 0.3 is 5.63 Å². The molecule has 0 bridgehead atoms. The molecule has 1 fully saturated rings. The van der Waals surface area contributed by atoms with Crippen LogP contribution in [-0.4, -0.2) is 39.3 Å². The highest BCUT2D eigenvalue weighted by atomic mass is 32.2. The lowest BCUT2D eigenvalue weighted by molar-refractivity contribution is -0.686. The number of ether oxygens (including phenoxy) is 1. The molecule has 0 amide bonds. The molecular formula is C28H28N2O6S. The molecule has 1 aliphatic heterocycles. The van der Waals surface area contributed by atoms with Crippen LogP contribution in [0.2, 0.25) is 0 Å². The predicted octanol–water partition coefficient (Wildman–Crippen LogP) is 3.67. The highest BCUT2D eigenvalue weighted by Gasteiger charge is 2.14. The van der Waals surface area contributed by atoms with Gasteiger partial charge in [-0.05, 0) is 43.3 Å². The fourth-order valence-corrected chi connectivity index (χ4v) is 4.40. The maximum absolute atomic E-state index is 12.5. The van der Waals surface area contributed by atoms with Gasteiger partial charge in [0.25, 0.3) is 0 Å². The molecule has 0 radical (unpaired) electrons. The second-order valence-electron chi connectivity index (χ2n) is 8.61. The van der Waals surface area contributed by atoms with Crippen LogP contribution in [0.1, 0.15) is 5.56 Å². The van der Waals surface area contributed by atoms with Gasteiger partial charge in [-0.1, -0.05) is 24.3 Å². The summed E-state index contributed by atoms with van der Waals surface area (Å²) in [6, 6.07) is 17.5. The first kappa shape index (κ1) is 26.3. The molecule has 8 nitrogen and oxygen atoms in total. The van der Waals surface area contributed by atoms with E-state index in [1.165, 1.54) is 12.1 Å². The third-order valence-corrected chi connectivity index (χ3v) is 6.80. The van der Waals surface area contributed by atoms with Crippen LogP contribution >= 0.6 is 0 Å². The number of rotatable bonds is 5. The molecule has 3 heterocycles. The standard InChI is InChI=1S/C21H21N2O3.C7H8O3S/c1-2-7-22-8-5-16(6-9-22)19-14-17-3-4-18(15-20(17)26-21(19)24)23-10-12-25-13-11-23;1-6-2-4-7(5-3-6)11(8,9)10/h2-6,8-9,14-15H,1,7,10-13H2;2-5H,1H3,(H,8,9,10)/q+1;/p-1. The fraction of sp³-hybridized carbons (Fsp3) is 0.214. The van der Waals surface area contributed by atoms with E-state index in [4.69, 9.17) is 9.15 Å². The molecule has 4 aromatic rings. The smallest absolute Gasteiger partial charge is 0.344 e. The van der Waals surface area contributed by atoms with Crippen molar-refractivity contribution in [1.29, 1.82) is 0 Å². The molecule has 0 unspecified atom stereocenters. The molecule has 37 heavy (non-hydrogen) atoms. The SMILES string of the molecule is C=CC[n+]1ccc(-c2cc3ccc(N4CCOCC4)cc3oc2=O)cc1.Cc1ccc(S(=O)(=O)[O-])cc1. The summed E-state index contributed by atoms with van der Waals surface area (Å²) in [5, 5.41) is 0.916. The molecule has 9 heteroatoms. The predicted molar refractivity (Wildman–Crippen MR) is 140 cm³/mol. The van der Waals surface area contributed by atoms with E-state index in [1.54, 1.807) is 12.1 Å². The lowest BCUT2D eigenvalue weighted by Gasteiger charge is -2.28. The van der Waals surface area contributed by atoms with Crippen molar-refractivity contribution in [1.82, 2.24) is 0 Å². The van der Waals surface area contributed by atoms with Crippen molar-refractivity contribution in [2.45, 2.75) is 18.4 Å². The van der Waals surface area contributed by atoms with Gasteiger partial charge in [-0.15, -0.1) is 0 Å². The number of hydrogen-bond donors (Lipinski definition) is 0. The monoisotopic (exact) mass is 520 g/mol. The van der Waals surface area contributed by atoms with Crippen molar-refractivity contribution < 1.29 is 26.7 Å². The molecule has 0 atom stereocenters. The second-order valence-corrected chi connectivity index (χ2v) is 9.99. The van der Waals surface area contributed by atoms with Gasteiger partial charge in [0.2, 0.25) is 0 Å². The quantitative estimate of drug-likeness (QED) is 0.171. The largest absolute Gasteiger partial charge is 0.744 e. The number of fused-ring (bicyclic) bond motifs is 1. The van der Waals surface area contributed by atoms with Gasteiger partial charge in [0.1, 0.15) is 15.7 Å². The average Bonchev–Trinajstić information content (AvgIpc) is 2.89. The summed E-state index contributed by atoms with van der Waals surface area (Å²) < 4.78 is 44.2. The van der Waals surface area contributed by atoms with E-state index < -0.39 is 10.1 Å². The topological polar surface area (TPSA) is 104 Å². The van der Waals surface area contributed by atoms with Gasteiger partial charge in [0.15, 0.2) is 18.9 Å². The normalized spacial score (nSPS) is 13.6. The van der Waals surface area contributed by atoms with Gasteiger partial charge in [-0.2, -0.15) is 0 Å². The minimum Gasteiger partial charge on any atom is -0.744 e. The molecule has 0 spiro atoms. The summed E-state index contributed by atoms with van der Waals surface area (Å²) in [4.78, 5) is 14.6. The van der Waals surface area contributed by atoms with E-state index >= 15 is 0 Å². The van der Waals surface area contributed by atoms with Crippen molar-refractivity contribution in [2.75, 3.05) is 31.2 Å². The van der Waals surface area contributed by atoms with Gasteiger partial charge < -0.3 is 18.6 Å². The number of pyridine rings is 1. The Bertz CT molecular complexity index is 1540. The summed E-state index contributed by atoms with van der Waals surface area (Å²) in [6.45, 7) is 9.43. The van der Waals surface area contributed by atoms with E-state index in [1.807, 2.05) is 60.3 Å². The molecule has 2 aromatic carbocycles. The molecule has 192 valence electrons.